The molecule has 0 aromatic rings. The highest BCUT2D eigenvalue weighted by Gasteiger charge is 2.44. The molecule has 0 amide bonds. The van der Waals surface area contributed by atoms with Crippen molar-refractivity contribution in [2.75, 3.05) is 0 Å². The number of hydrogen-bond donors (Lipinski definition) is 0. The molecule has 0 aliphatic heterocycles. The van der Waals surface area contributed by atoms with Gasteiger partial charge in [0.2, 0.25) is 0 Å². The van der Waals surface area contributed by atoms with Crippen molar-refractivity contribution in [3.63, 3.8) is 0 Å². The lowest BCUT2D eigenvalue weighted by molar-refractivity contribution is -0.116. The summed E-state index contributed by atoms with van der Waals surface area (Å²) in [5.41, 5.74) is -0.0145. The van der Waals surface area contributed by atoms with Crippen molar-refractivity contribution in [1.29, 1.82) is 0 Å². The standard InChI is InChI=1S/C9H12O/c1-9(6-10)5-7-2-3-8(9)4-7/h2-3,6-8H,4-5H2,1H3/t7-,8-,9+/m0/s1. The molecule has 10 heavy (non-hydrogen) atoms. The van der Waals surface area contributed by atoms with E-state index in [1.165, 1.54) is 6.42 Å². The summed E-state index contributed by atoms with van der Waals surface area (Å²) in [6, 6.07) is 0. The van der Waals surface area contributed by atoms with Gasteiger partial charge in [-0.05, 0) is 24.7 Å². The van der Waals surface area contributed by atoms with E-state index in [2.05, 4.69) is 19.1 Å². The van der Waals surface area contributed by atoms with Gasteiger partial charge in [-0.25, -0.2) is 0 Å². The molecule has 0 unspecified atom stereocenters. The smallest absolute Gasteiger partial charge is 0.126 e. The summed E-state index contributed by atoms with van der Waals surface area (Å²) in [5, 5.41) is 0. The first-order chi connectivity index (χ1) is 4.74. The molecule has 1 fully saturated rings. The minimum atomic E-state index is -0.0145. The number of fused-ring (bicyclic) bond motifs is 2. The average Bonchev–Trinajstić information content (AvgIpc) is 2.46. The average molecular weight is 136 g/mol. The largest absolute Gasteiger partial charge is 0.303 e. The second-order valence-corrected chi connectivity index (χ2v) is 3.81. The normalized spacial score (nSPS) is 50.1. The van der Waals surface area contributed by atoms with Gasteiger partial charge in [-0.15, -0.1) is 0 Å². The van der Waals surface area contributed by atoms with Crippen LogP contribution in [-0.2, 0) is 4.79 Å². The second kappa shape index (κ2) is 1.71. The lowest BCUT2D eigenvalue weighted by Gasteiger charge is -2.23. The Morgan fingerprint density at radius 3 is 2.70 bits per heavy atom. The molecule has 0 aromatic heterocycles. The van der Waals surface area contributed by atoms with E-state index in [4.69, 9.17) is 0 Å². The zero-order valence-electron chi connectivity index (χ0n) is 6.21. The first kappa shape index (κ1) is 6.14. The monoisotopic (exact) mass is 136 g/mol. The van der Waals surface area contributed by atoms with Crippen molar-refractivity contribution in [2.24, 2.45) is 17.3 Å². The maximum absolute atomic E-state index is 10.7. The Morgan fingerprint density at radius 1 is 1.60 bits per heavy atom. The van der Waals surface area contributed by atoms with Gasteiger partial charge in [0.1, 0.15) is 6.29 Å². The van der Waals surface area contributed by atoms with E-state index >= 15 is 0 Å². The molecular formula is C9H12O. The fourth-order valence-electron chi connectivity index (χ4n) is 2.27. The van der Waals surface area contributed by atoms with Gasteiger partial charge in [0.05, 0.1) is 0 Å². The maximum atomic E-state index is 10.7. The third kappa shape index (κ3) is 0.606. The number of rotatable bonds is 1. The van der Waals surface area contributed by atoms with Crippen LogP contribution < -0.4 is 0 Å². The summed E-state index contributed by atoms with van der Waals surface area (Å²) in [6.45, 7) is 2.08. The predicted molar refractivity (Wildman–Crippen MR) is 39.5 cm³/mol. The van der Waals surface area contributed by atoms with Crippen LogP contribution in [0.5, 0.6) is 0 Å². The van der Waals surface area contributed by atoms with Crippen LogP contribution in [0.3, 0.4) is 0 Å². The first-order valence-electron chi connectivity index (χ1n) is 3.89. The van der Waals surface area contributed by atoms with Gasteiger partial charge >= 0.3 is 0 Å². The van der Waals surface area contributed by atoms with E-state index in [-0.39, 0.29) is 5.41 Å². The molecule has 0 heterocycles. The van der Waals surface area contributed by atoms with Crippen molar-refractivity contribution in [3.8, 4) is 0 Å². The summed E-state index contributed by atoms with van der Waals surface area (Å²) < 4.78 is 0. The van der Waals surface area contributed by atoms with Crippen molar-refractivity contribution in [2.45, 2.75) is 19.8 Å². The summed E-state index contributed by atoms with van der Waals surface area (Å²) in [6.07, 6.45) is 7.91. The highest BCUT2D eigenvalue weighted by molar-refractivity contribution is 5.61. The zero-order chi connectivity index (χ0) is 7.19. The molecule has 54 valence electrons. The Labute approximate surface area is 61.1 Å². The lowest BCUT2D eigenvalue weighted by atomic mass is 9.79. The third-order valence-electron chi connectivity index (χ3n) is 2.99. The van der Waals surface area contributed by atoms with Gasteiger partial charge < -0.3 is 4.79 Å². The minimum Gasteiger partial charge on any atom is -0.303 e. The molecule has 2 bridgehead atoms. The van der Waals surface area contributed by atoms with Gasteiger partial charge in [-0.2, -0.15) is 0 Å². The molecule has 3 atom stereocenters. The molecular weight excluding hydrogens is 124 g/mol. The Balaban J connectivity index is 2.30. The molecule has 1 heteroatoms. The molecule has 0 radical (unpaired) electrons. The van der Waals surface area contributed by atoms with Gasteiger partial charge in [-0.3, -0.25) is 0 Å². The van der Waals surface area contributed by atoms with Crippen LogP contribution in [0.15, 0.2) is 12.2 Å². The van der Waals surface area contributed by atoms with Crippen LogP contribution >= 0.6 is 0 Å². The highest BCUT2D eigenvalue weighted by Crippen LogP contribution is 2.50. The Bertz CT molecular complexity index is 195. The fourth-order valence-corrected chi connectivity index (χ4v) is 2.27. The molecule has 1 nitrogen and oxygen atoms in total. The lowest BCUT2D eigenvalue weighted by Crippen LogP contribution is -2.22. The second-order valence-electron chi connectivity index (χ2n) is 3.81. The van der Waals surface area contributed by atoms with Crippen molar-refractivity contribution >= 4 is 6.29 Å². The maximum Gasteiger partial charge on any atom is 0.126 e. The number of aldehydes is 1. The van der Waals surface area contributed by atoms with Crippen LogP contribution in [0.2, 0.25) is 0 Å². The van der Waals surface area contributed by atoms with Crippen molar-refractivity contribution in [3.05, 3.63) is 12.2 Å². The molecule has 1 saturated carbocycles. The van der Waals surface area contributed by atoms with Gasteiger partial charge in [-0.1, -0.05) is 19.1 Å². The van der Waals surface area contributed by atoms with E-state index < -0.39 is 0 Å². The summed E-state index contributed by atoms with van der Waals surface area (Å²) in [7, 11) is 0. The SMILES string of the molecule is C[C@]1(C=O)C[C@H]2C=C[C@H]1C2. The Hall–Kier alpha value is -0.590. The first-order valence-corrected chi connectivity index (χ1v) is 3.89. The molecule has 2 aliphatic rings. The van der Waals surface area contributed by atoms with Crippen LogP contribution in [0.1, 0.15) is 19.8 Å². The fraction of sp³-hybridized carbons (Fsp3) is 0.667. The van der Waals surface area contributed by atoms with Crippen LogP contribution in [0.25, 0.3) is 0 Å². The van der Waals surface area contributed by atoms with Crippen LogP contribution in [-0.4, -0.2) is 6.29 Å². The summed E-state index contributed by atoms with van der Waals surface area (Å²) in [5.74, 6) is 1.26. The van der Waals surface area contributed by atoms with Crippen LogP contribution in [0.4, 0.5) is 0 Å². The summed E-state index contributed by atoms with van der Waals surface area (Å²) >= 11 is 0. The predicted octanol–water partition coefficient (Wildman–Crippen LogP) is 1.79. The van der Waals surface area contributed by atoms with Crippen molar-refractivity contribution in [1.82, 2.24) is 0 Å². The number of carbonyl (C=O) groups excluding carboxylic acids is 1. The number of hydrogen-bond acceptors (Lipinski definition) is 1. The molecule has 2 aliphatic carbocycles. The summed E-state index contributed by atoms with van der Waals surface area (Å²) in [4.78, 5) is 10.7. The topological polar surface area (TPSA) is 17.1 Å². The van der Waals surface area contributed by atoms with Gasteiger partial charge in [0.15, 0.2) is 0 Å². The molecule has 0 saturated heterocycles. The number of carbonyl (C=O) groups is 1. The highest BCUT2D eigenvalue weighted by atomic mass is 16.1. The van der Waals surface area contributed by atoms with Gasteiger partial charge in [0.25, 0.3) is 0 Å². The van der Waals surface area contributed by atoms with Gasteiger partial charge in [0, 0.05) is 5.41 Å². The quantitative estimate of drug-likeness (QED) is 0.396. The molecule has 0 spiro atoms. The molecule has 0 N–H and O–H groups in total. The van der Waals surface area contributed by atoms with E-state index in [9.17, 15) is 4.79 Å². The van der Waals surface area contributed by atoms with E-state index in [1.54, 1.807) is 0 Å². The van der Waals surface area contributed by atoms with E-state index in [0.29, 0.717) is 11.8 Å². The van der Waals surface area contributed by atoms with E-state index in [0.717, 1.165) is 12.7 Å². The Morgan fingerprint density at radius 2 is 2.40 bits per heavy atom. The Kier molecular flexibility index (Phi) is 1.05. The van der Waals surface area contributed by atoms with Crippen molar-refractivity contribution < 1.29 is 4.79 Å². The minimum absolute atomic E-state index is 0.0145. The third-order valence-corrected chi connectivity index (χ3v) is 2.99. The molecule has 2 rings (SSSR count). The van der Waals surface area contributed by atoms with Crippen LogP contribution in [0, 0.1) is 17.3 Å². The molecule has 0 aromatic carbocycles. The zero-order valence-corrected chi connectivity index (χ0v) is 6.21. The number of allylic oxidation sites excluding steroid dienone is 2. The van der Waals surface area contributed by atoms with E-state index in [1.807, 2.05) is 0 Å².